The van der Waals surface area contributed by atoms with Crippen LogP contribution in [-0.4, -0.2) is 49.5 Å². The molecule has 200 valence electrons. The standard InChI is InChI=1S/C27H31FN6O4/c1-15(20-11-18(28)7-8-19(20)25(35)36)9-16-10-17(13-31-24(16)30)23-21(32-34(6)22(23)12-29)14-33(5)26(37)38-27(2,3)4/h7-8,10-11,13,15H,9,14H2,1-6H3,(H2,30,31)(H,35,36). The number of carbonyl (C=O) groups is 2. The molecule has 0 bridgehead atoms. The number of pyridine rings is 1. The number of carbonyl (C=O) groups excluding carboxylic acids is 1. The van der Waals surface area contributed by atoms with E-state index < -0.39 is 29.4 Å². The van der Waals surface area contributed by atoms with Gasteiger partial charge in [-0.05, 0) is 68.5 Å². The average Bonchev–Trinajstić information content (AvgIpc) is 3.13. The number of aromatic carboxylic acids is 1. The van der Waals surface area contributed by atoms with Gasteiger partial charge in [0.1, 0.15) is 29.0 Å². The molecule has 1 aromatic carbocycles. The van der Waals surface area contributed by atoms with Gasteiger partial charge in [0.25, 0.3) is 0 Å². The van der Waals surface area contributed by atoms with E-state index in [1.165, 1.54) is 27.9 Å². The number of nitriles is 1. The van der Waals surface area contributed by atoms with Crippen LogP contribution in [-0.2, 0) is 24.8 Å². The summed E-state index contributed by atoms with van der Waals surface area (Å²) in [6.07, 6.45) is 1.25. The van der Waals surface area contributed by atoms with Crippen LogP contribution in [0.3, 0.4) is 0 Å². The van der Waals surface area contributed by atoms with Crippen molar-refractivity contribution in [2.24, 2.45) is 7.05 Å². The Labute approximate surface area is 220 Å². The summed E-state index contributed by atoms with van der Waals surface area (Å²) in [5.74, 6) is -1.87. The van der Waals surface area contributed by atoms with Crippen molar-refractivity contribution < 1.29 is 23.8 Å². The van der Waals surface area contributed by atoms with E-state index in [0.717, 1.165) is 6.07 Å². The first-order valence-corrected chi connectivity index (χ1v) is 11.9. The third kappa shape index (κ3) is 6.26. The summed E-state index contributed by atoms with van der Waals surface area (Å²) in [6.45, 7) is 7.15. The lowest BCUT2D eigenvalue weighted by atomic mass is 9.89. The van der Waals surface area contributed by atoms with Crippen LogP contribution in [0.15, 0.2) is 30.5 Å². The SMILES string of the molecule is CC(Cc1cc(-c2c(CN(C)C(=O)OC(C)(C)C)nn(C)c2C#N)cnc1N)c1cc(F)ccc1C(=O)O. The van der Waals surface area contributed by atoms with Crippen LogP contribution in [0.25, 0.3) is 11.1 Å². The van der Waals surface area contributed by atoms with E-state index in [-0.39, 0.29) is 30.0 Å². The zero-order valence-electron chi connectivity index (χ0n) is 22.2. The van der Waals surface area contributed by atoms with Gasteiger partial charge in [0.15, 0.2) is 0 Å². The highest BCUT2D eigenvalue weighted by molar-refractivity contribution is 5.89. The summed E-state index contributed by atoms with van der Waals surface area (Å²) < 4.78 is 20.8. The molecule has 11 heteroatoms. The number of aryl methyl sites for hydroxylation is 1. The number of aromatic nitrogens is 3. The van der Waals surface area contributed by atoms with Crippen LogP contribution in [0.4, 0.5) is 15.0 Å². The molecule has 0 saturated heterocycles. The van der Waals surface area contributed by atoms with Gasteiger partial charge in [-0.2, -0.15) is 10.4 Å². The molecular formula is C27H31FN6O4. The Bertz CT molecular complexity index is 1420. The number of nitrogens with zero attached hydrogens (tertiary/aromatic N) is 5. The van der Waals surface area contributed by atoms with E-state index in [4.69, 9.17) is 10.5 Å². The van der Waals surface area contributed by atoms with Gasteiger partial charge in [0.05, 0.1) is 17.8 Å². The minimum atomic E-state index is -1.15. The van der Waals surface area contributed by atoms with E-state index in [1.807, 2.05) is 0 Å². The fourth-order valence-corrected chi connectivity index (χ4v) is 4.15. The van der Waals surface area contributed by atoms with Crippen molar-refractivity contribution >= 4 is 17.9 Å². The van der Waals surface area contributed by atoms with Crippen LogP contribution >= 0.6 is 0 Å². The van der Waals surface area contributed by atoms with E-state index in [9.17, 15) is 24.3 Å². The summed E-state index contributed by atoms with van der Waals surface area (Å²) in [4.78, 5) is 29.9. The number of halogens is 1. The number of hydrogen-bond donors (Lipinski definition) is 2. The summed E-state index contributed by atoms with van der Waals surface area (Å²) in [7, 11) is 3.20. The number of rotatable bonds is 7. The molecule has 0 saturated carbocycles. The van der Waals surface area contributed by atoms with Crippen LogP contribution in [0, 0.1) is 17.1 Å². The maximum atomic E-state index is 13.9. The van der Waals surface area contributed by atoms with E-state index >= 15 is 0 Å². The van der Waals surface area contributed by atoms with Crippen LogP contribution in [0.5, 0.6) is 0 Å². The molecule has 10 nitrogen and oxygen atoms in total. The van der Waals surface area contributed by atoms with Gasteiger partial charge >= 0.3 is 12.1 Å². The Hall–Kier alpha value is -4.46. The molecule has 0 fully saturated rings. The van der Waals surface area contributed by atoms with Crippen LogP contribution < -0.4 is 5.73 Å². The second-order valence-corrected chi connectivity index (χ2v) is 10.2. The minimum Gasteiger partial charge on any atom is -0.478 e. The fraction of sp³-hybridized carbons (Fsp3) is 0.370. The van der Waals surface area contributed by atoms with Gasteiger partial charge in [0.2, 0.25) is 0 Å². The Balaban J connectivity index is 2.00. The van der Waals surface area contributed by atoms with Crippen molar-refractivity contribution in [3.05, 3.63) is 64.4 Å². The first-order chi connectivity index (χ1) is 17.7. The number of benzene rings is 1. The summed E-state index contributed by atoms with van der Waals surface area (Å²) in [5.41, 5.74) is 8.18. The number of carboxylic acids is 1. The van der Waals surface area contributed by atoms with Crippen LogP contribution in [0.2, 0.25) is 0 Å². The average molecular weight is 523 g/mol. The highest BCUT2D eigenvalue weighted by Crippen LogP contribution is 2.32. The molecular weight excluding hydrogens is 491 g/mol. The largest absolute Gasteiger partial charge is 0.478 e. The lowest BCUT2D eigenvalue weighted by Crippen LogP contribution is -2.34. The number of ether oxygens (including phenoxy) is 1. The van der Waals surface area contributed by atoms with Crippen molar-refractivity contribution in [3.8, 4) is 17.2 Å². The maximum Gasteiger partial charge on any atom is 0.410 e. The van der Waals surface area contributed by atoms with Gasteiger partial charge in [-0.1, -0.05) is 6.92 Å². The number of hydrogen-bond acceptors (Lipinski definition) is 7. The minimum absolute atomic E-state index is 0.00748. The molecule has 2 aromatic heterocycles. The molecule has 1 atom stereocenters. The Morgan fingerprint density at radius 3 is 2.61 bits per heavy atom. The number of nitrogens with two attached hydrogens (primary N) is 1. The summed E-state index contributed by atoms with van der Waals surface area (Å²) in [5, 5.41) is 23.8. The van der Waals surface area contributed by atoms with Gasteiger partial charge < -0.3 is 20.5 Å². The number of carboxylic acid groups (broad SMARTS) is 1. The molecule has 3 N–H and O–H groups in total. The van der Waals surface area contributed by atoms with Crippen LogP contribution in [0.1, 0.15) is 66.5 Å². The van der Waals surface area contributed by atoms with E-state index in [1.54, 1.807) is 47.9 Å². The molecule has 38 heavy (non-hydrogen) atoms. The second kappa shape index (κ2) is 10.9. The van der Waals surface area contributed by atoms with Crippen molar-refractivity contribution in [3.63, 3.8) is 0 Å². The fourth-order valence-electron chi connectivity index (χ4n) is 4.15. The van der Waals surface area contributed by atoms with Gasteiger partial charge in [-0.15, -0.1) is 0 Å². The topological polar surface area (TPSA) is 147 Å². The third-order valence-corrected chi connectivity index (χ3v) is 5.91. The molecule has 0 aliphatic carbocycles. The molecule has 1 unspecified atom stereocenters. The first-order valence-electron chi connectivity index (χ1n) is 11.9. The molecule has 0 spiro atoms. The van der Waals surface area contributed by atoms with E-state index in [0.29, 0.717) is 27.9 Å². The molecule has 0 aliphatic rings. The second-order valence-electron chi connectivity index (χ2n) is 10.2. The molecule has 0 aliphatic heterocycles. The molecule has 0 radical (unpaired) electrons. The lowest BCUT2D eigenvalue weighted by Gasteiger charge is -2.24. The number of nitrogen functional groups attached to an aromatic ring is 1. The van der Waals surface area contributed by atoms with Crippen molar-refractivity contribution in [2.45, 2.75) is 52.2 Å². The number of anilines is 1. The predicted octanol–water partition coefficient (Wildman–Crippen LogP) is 4.49. The van der Waals surface area contributed by atoms with Gasteiger partial charge in [-0.25, -0.2) is 19.0 Å². The van der Waals surface area contributed by atoms with Gasteiger partial charge in [-0.3, -0.25) is 4.68 Å². The van der Waals surface area contributed by atoms with Crippen molar-refractivity contribution in [1.82, 2.24) is 19.7 Å². The Kier molecular flexibility index (Phi) is 8.05. The summed E-state index contributed by atoms with van der Waals surface area (Å²) >= 11 is 0. The molecule has 3 aromatic rings. The predicted molar refractivity (Wildman–Crippen MR) is 139 cm³/mol. The van der Waals surface area contributed by atoms with Crippen molar-refractivity contribution in [1.29, 1.82) is 5.26 Å². The highest BCUT2D eigenvalue weighted by atomic mass is 19.1. The molecule has 2 heterocycles. The Morgan fingerprint density at radius 2 is 2.00 bits per heavy atom. The Morgan fingerprint density at radius 1 is 1.32 bits per heavy atom. The van der Waals surface area contributed by atoms with Gasteiger partial charge in [0, 0.05) is 31.4 Å². The van der Waals surface area contributed by atoms with Crippen molar-refractivity contribution in [2.75, 3.05) is 12.8 Å². The third-order valence-electron chi connectivity index (χ3n) is 5.91. The monoisotopic (exact) mass is 522 g/mol. The molecule has 1 amide bonds. The quantitative estimate of drug-likeness (QED) is 0.461. The molecule has 3 rings (SSSR count). The smallest absolute Gasteiger partial charge is 0.410 e. The highest BCUT2D eigenvalue weighted by Gasteiger charge is 2.25. The van der Waals surface area contributed by atoms with E-state index in [2.05, 4.69) is 16.2 Å². The zero-order valence-corrected chi connectivity index (χ0v) is 22.2. The zero-order chi connectivity index (χ0) is 28.4. The summed E-state index contributed by atoms with van der Waals surface area (Å²) in [6, 6.07) is 7.47. The maximum absolute atomic E-state index is 13.9. The number of amides is 1. The normalized spacial score (nSPS) is 12.1. The lowest BCUT2D eigenvalue weighted by molar-refractivity contribution is 0.0283. The first kappa shape index (κ1) is 28.1.